The van der Waals surface area contributed by atoms with Gasteiger partial charge in [-0.1, -0.05) is 11.5 Å². The van der Waals surface area contributed by atoms with Gasteiger partial charge in [-0.3, -0.25) is 0 Å². The van der Waals surface area contributed by atoms with Crippen LogP contribution in [0.25, 0.3) is 0 Å². The van der Waals surface area contributed by atoms with Gasteiger partial charge in [0.1, 0.15) is 0 Å². The molecule has 0 spiro atoms. The van der Waals surface area contributed by atoms with Crippen molar-refractivity contribution in [1.82, 2.24) is 0 Å². The summed E-state index contributed by atoms with van der Waals surface area (Å²) in [6.07, 6.45) is 0. The van der Waals surface area contributed by atoms with Crippen molar-refractivity contribution in [3.8, 4) is 0 Å². The van der Waals surface area contributed by atoms with Gasteiger partial charge in [0.2, 0.25) is 0 Å². The fourth-order valence-corrected chi connectivity index (χ4v) is 0.183. The zero-order valence-corrected chi connectivity index (χ0v) is 4.23. The first-order valence-electron chi connectivity index (χ1n) is 2.01. The molecule has 0 aliphatic carbocycles. The molecule has 0 unspecified atom stereocenters. The number of hydrogen-bond donors (Lipinski definition) is 1. The fraction of sp³-hybridized carbons (Fsp3) is 0.500. The van der Waals surface area contributed by atoms with Crippen molar-refractivity contribution in [2.24, 2.45) is 0 Å². The van der Waals surface area contributed by atoms with Crippen molar-refractivity contribution in [3.63, 3.8) is 0 Å². The maximum absolute atomic E-state index is 8.16. The Morgan fingerprint density at radius 3 is 2.17 bits per heavy atom. The second-order valence-electron chi connectivity index (χ2n) is 1.46. The van der Waals surface area contributed by atoms with E-state index in [0.717, 1.165) is 5.57 Å². The molecule has 0 saturated heterocycles. The van der Waals surface area contributed by atoms with E-state index in [9.17, 15) is 0 Å². The Labute approximate surface area is 39.0 Å². The Kier molecular flexibility index (Phi) is 2.86. The van der Waals surface area contributed by atoms with Crippen LogP contribution in [0.1, 0.15) is 13.8 Å². The Balaban J connectivity index is 3.14. The van der Waals surface area contributed by atoms with Gasteiger partial charge >= 0.3 is 0 Å². The van der Waals surface area contributed by atoms with E-state index in [1.807, 2.05) is 13.8 Å². The molecule has 1 N–H and O–H groups in total. The van der Waals surface area contributed by atoms with E-state index >= 15 is 0 Å². The van der Waals surface area contributed by atoms with Gasteiger partial charge in [0.05, 0.1) is 0 Å². The summed E-state index contributed by atoms with van der Waals surface area (Å²) in [5.41, 5.74) is 1.16. The van der Waals surface area contributed by atoms with Crippen molar-refractivity contribution >= 4 is 7.48 Å². The molecule has 0 fully saturated rings. The van der Waals surface area contributed by atoms with Gasteiger partial charge in [0.25, 0.3) is 7.48 Å². The highest BCUT2D eigenvalue weighted by Gasteiger charge is 1.72. The van der Waals surface area contributed by atoms with Crippen LogP contribution in [0.15, 0.2) is 11.5 Å². The molecule has 0 atom stereocenters. The lowest BCUT2D eigenvalue weighted by Crippen LogP contribution is -1.78. The number of rotatable bonds is 1. The highest BCUT2D eigenvalue weighted by atomic mass is 16.2. The minimum atomic E-state index is 0.169. The first-order valence-corrected chi connectivity index (χ1v) is 2.01. The molecule has 0 saturated carbocycles. The molecule has 0 aromatic rings. The van der Waals surface area contributed by atoms with E-state index in [1.165, 1.54) is 0 Å². The first-order chi connectivity index (χ1) is 2.77. The maximum atomic E-state index is 8.16. The van der Waals surface area contributed by atoms with E-state index < -0.39 is 0 Å². The van der Waals surface area contributed by atoms with Crippen LogP contribution in [0, 0.1) is 0 Å². The Bertz CT molecular complexity index is 54.6. The molecule has 0 amide bonds. The van der Waals surface area contributed by atoms with Gasteiger partial charge in [-0.25, -0.2) is 0 Å². The van der Waals surface area contributed by atoms with Gasteiger partial charge < -0.3 is 5.02 Å². The van der Waals surface area contributed by atoms with E-state index in [4.69, 9.17) is 5.02 Å². The number of hydrogen-bond acceptors (Lipinski definition) is 1. The van der Waals surface area contributed by atoms with Gasteiger partial charge in [0, 0.05) is 0 Å². The Hall–Kier alpha value is -0.235. The van der Waals surface area contributed by atoms with Crippen LogP contribution in [-0.4, -0.2) is 12.5 Å². The van der Waals surface area contributed by atoms with Crippen molar-refractivity contribution < 1.29 is 5.02 Å². The van der Waals surface area contributed by atoms with Crippen LogP contribution in [-0.2, 0) is 0 Å². The summed E-state index contributed by atoms with van der Waals surface area (Å²) in [7, 11) is 0.169. The van der Waals surface area contributed by atoms with Crippen LogP contribution in [0.3, 0.4) is 0 Å². The van der Waals surface area contributed by atoms with Gasteiger partial charge in [-0.2, -0.15) is 0 Å². The lowest BCUT2D eigenvalue weighted by molar-refractivity contribution is 0.614. The molecule has 0 aliphatic rings. The van der Waals surface area contributed by atoms with Crippen LogP contribution in [0.5, 0.6) is 0 Å². The van der Waals surface area contributed by atoms with E-state index in [2.05, 4.69) is 0 Å². The summed E-state index contributed by atoms with van der Waals surface area (Å²) in [6.45, 7) is 3.91. The smallest absolute Gasteiger partial charge is 0.297 e. The monoisotopic (exact) mass is 84.1 g/mol. The molecule has 34 valence electrons. The molecule has 0 heterocycles. The summed E-state index contributed by atoms with van der Waals surface area (Å²) in [4.78, 5) is 0. The summed E-state index contributed by atoms with van der Waals surface area (Å²) in [5.74, 6) is 1.76. The molecule has 0 aromatic carbocycles. The molecule has 0 radical (unpaired) electrons. The number of allylic oxidation sites excluding steroid dienone is 1. The topological polar surface area (TPSA) is 20.2 Å². The van der Waals surface area contributed by atoms with Crippen molar-refractivity contribution in [2.45, 2.75) is 13.8 Å². The minimum absolute atomic E-state index is 0.169. The zero-order valence-electron chi connectivity index (χ0n) is 4.23. The lowest BCUT2D eigenvalue weighted by Gasteiger charge is -1.78. The standard InChI is InChI=1S/C4H9BO/c1-4(2)3-5-6/h3,5-6H,1-2H3. The van der Waals surface area contributed by atoms with E-state index in [-0.39, 0.29) is 7.48 Å². The minimum Gasteiger partial charge on any atom is -0.450 e. The molecule has 2 heteroatoms. The van der Waals surface area contributed by atoms with Crippen LogP contribution in [0.4, 0.5) is 0 Å². The maximum Gasteiger partial charge on any atom is 0.297 e. The van der Waals surface area contributed by atoms with Crippen molar-refractivity contribution in [1.29, 1.82) is 0 Å². The summed E-state index contributed by atoms with van der Waals surface area (Å²) in [5, 5.41) is 8.16. The molecule has 1 nitrogen and oxygen atoms in total. The molecule has 0 aliphatic heterocycles. The molecular weight excluding hydrogens is 74.9 g/mol. The molecule has 0 rings (SSSR count). The average molecular weight is 83.9 g/mol. The highest BCUT2D eigenvalue weighted by molar-refractivity contribution is 6.32. The van der Waals surface area contributed by atoms with Gasteiger partial charge in [0.15, 0.2) is 0 Å². The Morgan fingerprint density at radius 2 is 2.17 bits per heavy atom. The van der Waals surface area contributed by atoms with Gasteiger partial charge in [-0.05, 0) is 13.8 Å². The molecule has 6 heavy (non-hydrogen) atoms. The third-order valence-corrected chi connectivity index (χ3v) is 0.500. The molecule has 0 aromatic heterocycles. The lowest BCUT2D eigenvalue weighted by atomic mass is 9.99. The largest absolute Gasteiger partial charge is 0.450 e. The molecular formula is C4H9BO. The van der Waals surface area contributed by atoms with Crippen molar-refractivity contribution in [2.75, 3.05) is 0 Å². The quantitative estimate of drug-likeness (QED) is 0.451. The van der Waals surface area contributed by atoms with Gasteiger partial charge in [-0.15, -0.1) is 0 Å². The van der Waals surface area contributed by atoms with Crippen LogP contribution in [0.2, 0.25) is 0 Å². The molecule has 0 bridgehead atoms. The SMILES string of the molecule is CC(C)=CBO. The fourth-order valence-electron chi connectivity index (χ4n) is 0.183. The predicted octanol–water partition coefficient (Wildman–Crippen LogP) is 0.254. The van der Waals surface area contributed by atoms with Crippen molar-refractivity contribution in [3.05, 3.63) is 11.5 Å². The van der Waals surface area contributed by atoms with E-state index in [1.54, 1.807) is 5.98 Å². The third kappa shape index (κ3) is 3.76. The summed E-state index contributed by atoms with van der Waals surface area (Å²) < 4.78 is 0. The second kappa shape index (κ2) is 2.97. The summed E-state index contributed by atoms with van der Waals surface area (Å²) >= 11 is 0. The Morgan fingerprint density at radius 1 is 1.67 bits per heavy atom. The zero-order chi connectivity index (χ0) is 4.99. The second-order valence-corrected chi connectivity index (χ2v) is 1.46. The normalized spacial score (nSPS) is 7.17. The van der Waals surface area contributed by atoms with Crippen LogP contribution >= 0.6 is 0 Å². The summed E-state index contributed by atoms with van der Waals surface area (Å²) in [6, 6.07) is 0. The average Bonchev–Trinajstić information content (AvgIpc) is 1.35. The van der Waals surface area contributed by atoms with E-state index in [0.29, 0.717) is 0 Å². The first kappa shape index (κ1) is 5.76. The van der Waals surface area contributed by atoms with Crippen LogP contribution < -0.4 is 0 Å². The highest BCUT2D eigenvalue weighted by Crippen LogP contribution is 1.82. The third-order valence-electron chi connectivity index (χ3n) is 0.500. The predicted molar refractivity (Wildman–Crippen MR) is 28.8 cm³/mol.